The van der Waals surface area contributed by atoms with E-state index in [4.69, 9.17) is 11.6 Å². The number of rotatable bonds is 0. The molecule has 62 valence electrons. The van der Waals surface area contributed by atoms with Gasteiger partial charge in [0.2, 0.25) is 0 Å². The number of nitrogens with zero attached hydrogens (tertiary/aromatic N) is 2. The molecule has 2 heterocycles. The summed E-state index contributed by atoms with van der Waals surface area (Å²) in [5.41, 5.74) is 0.270. The maximum absolute atomic E-state index is 13.1. The van der Waals surface area contributed by atoms with Gasteiger partial charge >= 0.3 is 0 Å². The Hall–Kier alpha value is -0.610. The monoisotopic (exact) mass is 248 g/mol. The maximum atomic E-state index is 13.1. The lowest BCUT2D eigenvalue weighted by Crippen LogP contribution is -1.86. The summed E-state index contributed by atoms with van der Waals surface area (Å²) in [5.74, 6) is -0.423. The summed E-state index contributed by atoms with van der Waals surface area (Å²) in [5, 5.41) is 0.352. The van der Waals surface area contributed by atoms with E-state index in [-0.39, 0.29) is 5.65 Å². The van der Waals surface area contributed by atoms with Crippen LogP contribution < -0.4 is 0 Å². The van der Waals surface area contributed by atoms with Crippen molar-refractivity contribution in [3.8, 4) is 0 Å². The lowest BCUT2D eigenvalue weighted by atomic mass is 10.4. The lowest BCUT2D eigenvalue weighted by molar-refractivity contribution is 0.630. The van der Waals surface area contributed by atoms with E-state index >= 15 is 0 Å². The average molecular weight is 249 g/mol. The van der Waals surface area contributed by atoms with Crippen LogP contribution in [0, 0.1) is 5.82 Å². The van der Waals surface area contributed by atoms with Crippen LogP contribution in [-0.2, 0) is 0 Å². The molecular formula is C7H3BrClFN2. The second kappa shape index (κ2) is 2.71. The van der Waals surface area contributed by atoms with Crippen LogP contribution in [0.3, 0.4) is 0 Å². The smallest absolute Gasteiger partial charge is 0.174 e. The fraction of sp³-hybridized carbons (Fsp3) is 0. The topological polar surface area (TPSA) is 17.3 Å². The van der Waals surface area contributed by atoms with E-state index in [0.717, 1.165) is 0 Å². The van der Waals surface area contributed by atoms with Crippen LogP contribution in [0.1, 0.15) is 0 Å². The van der Waals surface area contributed by atoms with Gasteiger partial charge in [0, 0.05) is 12.4 Å². The molecule has 0 aliphatic heterocycles. The first kappa shape index (κ1) is 8.01. The SMILES string of the molecule is Fc1cc(Cl)cn2cc(Br)nc12. The van der Waals surface area contributed by atoms with E-state index in [1.807, 2.05) is 0 Å². The Morgan fingerprint density at radius 1 is 1.50 bits per heavy atom. The summed E-state index contributed by atoms with van der Waals surface area (Å²) < 4.78 is 15.2. The molecule has 0 N–H and O–H groups in total. The van der Waals surface area contributed by atoms with Crippen LogP contribution in [0.5, 0.6) is 0 Å². The third-order valence-corrected chi connectivity index (χ3v) is 2.03. The third-order valence-electron chi connectivity index (χ3n) is 1.44. The molecule has 2 rings (SSSR count). The first-order valence-electron chi connectivity index (χ1n) is 3.16. The molecule has 5 heteroatoms. The van der Waals surface area contributed by atoms with Crippen LogP contribution in [-0.4, -0.2) is 9.38 Å². The highest BCUT2D eigenvalue weighted by Crippen LogP contribution is 2.17. The van der Waals surface area contributed by atoms with Crippen molar-refractivity contribution in [2.75, 3.05) is 0 Å². The first-order valence-corrected chi connectivity index (χ1v) is 4.33. The minimum absolute atomic E-state index is 0.270. The molecule has 0 saturated carbocycles. The van der Waals surface area contributed by atoms with E-state index in [0.29, 0.717) is 9.63 Å². The number of imidazole rings is 1. The van der Waals surface area contributed by atoms with Crippen molar-refractivity contribution in [3.05, 3.63) is 33.9 Å². The van der Waals surface area contributed by atoms with Gasteiger partial charge in [0.15, 0.2) is 11.5 Å². The third kappa shape index (κ3) is 1.21. The number of pyridine rings is 1. The molecule has 2 aromatic rings. The fourth-order valence-corrected chi connectivity index (χ4v) is 1.58. The highest BCUT2D eigenvalue weighted by atomic mass is 79.9. The molecular weight excluding hydrogens is 246 g/mol. The van der Waals surface area contributed by atoms with E-state index in [1.165, 1.54) is 10.5 Å². The normalized spacial score (nSPS) is 10.9. The summed E-state index contributed by atoms with van der Waals surface area (Å²) in [6, 6.07) is 1.23. The van der Waals surface area contributed by atoms with Crippen molar-refractivity contribution >= 4 is 33.2 Å². The second-order valence-electron chi connectivity index (χ2n) is 2.30. The standard InChI is InChI=1S/C7H3BrClFN2/c8-6-3-12-2-4(9)1-5(10)7(12)11-6/h1-3H. The summed E-state index contributed by atoms with van der Waals surface area (Å²) >= 11 is 8.77. The van der Waals surface area contributed by atoms with Gasteiger partial charge in [0.25, 0.3) is 0 Å². The molecule has 0 spiro atoms. The molecule has 0 saturated heterocycles. The fourth-order valence-electron chi connectivity index (χ4n) is 0.995. The van der Waals surface area contributed by atoms with Crippen LogP contribution in [0.15, 0.2) is 23.1 Å². The largest absolute Gasteiger partial charge is 0.302 e. The van der Waals surface area contributed by atoms with Gasteiger partial charge in [-0.2, -0.15) is 0 Å². The van der Waals surface area contributed by atoms with Crippen molar-refractivity contribution in [1.82, 2.24) is 9.38 Å². The van der Waals surface area contributed by atoms with Crippen LogP contribution in [0.4, 0.5) is 4.39 Å². The number of aromatic nitrogens is 2. The number of halogens is 3. The molecule has 0 aliphatic rings. The number of hydrogen-bond donors (Lipinski definition) is 0. The molecule has 0 fully saturated rings. The number of fused-ring (bicyclic) bond motifs is 1. The Kier molecular flexibility index (Phi) is 1.81. The van der Waals surface area contributed by atoms with Gasteiger partial charge < -0.3 is 4.40 Å². The van der Waals surface area contributed by atoms with Crippen molar-refractivity contribution in [2.45, 2.75) is 0 Å². The molecule has 2 aromatic heterocycles. The van der Waals surface area contributed by atoms with Crippen molar-refractivity contribution in [3.63, 3.8) is 0 Å². The van der Waals surface area contributed by atoms with Gasteiger partial charge in [-0.3, -0.25) is 0 Å². The predicted octanol–water partition coefficient (Wildman–Crippen LogP) is 2.89. The number of hydrogen-bond acceptors (Lipinski definition) is 1. The van der Waals surface area contributed by atoms with E-state index in [9.17, 15) is 4.39 Å². The van der Waals surface area contributed by atoms with E-state index in [1.54, 1.807) is 12.4 Å². The molecule has 0 atom stereocenters. The van der Waals surface area contributed by atoms with Gasteiger partial charge in [-0.05, 0) is 22.0 Å². The van der Waals surface area contributed by atoms with Gasteiger partial charge in [-0.1, -0.05) is 11.6 Å². The van der Waals surface area contributed by atoms with Gasteiger partial charge in [0.1, 0.15) is 4.60 Å². The Balaban J connectivity index is 2.88. The molecule has 0 radical (unpaired) electrons. The predicted molar refractivity (Wildman–Crippen MR) is 47.9 cm³/mol. The zero-order valence-electron chi connectivity index (χ0n) is 5.76. The highest BCUT2D eigenvalue weighted by molar-refractivity contribution is 9.10. The van der Waals surface area contributed by atoms with E-state index < -0.39 is 5.82 Å². The Bertz CT molecular complexity index is 440. The maximum Gasteiger partial charge on any atom is 0.174 e. The zero-order valence-corrected chi connectivity index (χ0v) is 8.10. The minimum Gasteiger partial charge on any atom is -0.302 e. The molecule has 12 heavy (non-hydrogen) atoms. The van der Waals surface area contributed by atoms with E-state index in [2.05, 4.69) is 20.9 Å². The first-order chi connectivity index (χ1) is 5.66. The van der Waals surface area contributed by atoms with Gasteiger partial charge in [0.05, 0.1) is 5.02 Å². The Morgan fingerprint density at radius 2 is 2.25 bits per heavy atom. The van der Waals surface area contributed by atoms with Gasteiger partial charge in [-0.15, -0.1) is 0 Å². The Labute approximate surface area is 81.1 Å². The van der Waals surface area contributed by atoms with Crippen LogP contribution in [0.2, 0.25) is 5.02 Å². The highest BCUT2D eigenvalue weighted by Gasteiger charge is 2.05. The van der Waals surface area contributed by atoms with Gasteiger partial charge in [-0.25, -0.2) is 9.37 Å². The molecule has 2 nitrogen and oxygen atoms in total. The lowest BCUT2D eigenvalue weighted by Gasteiger charge is -1.94. The van der Waals surface area contributed by atoms with Crippen molar-refractivity contribution < 1.29 is 4.39 Å². The molecule has 0 amide bonds. The summed E-state index contributed by atoms with van der Waals surface area (Å²) in [6.07, 6.45) is 3.24. The molecule has 0 aliphatic carbocycles. The molecule has 0 aromatic carbocycles. The summed E-state index contributed by atoms with van der Waals surface area (Å²) in [6.45, 7) is 0. The van der Waals surface area contributed by atoms with Crippen molar-refractivity contribution in [1.29, 1.82) is 0 Å². The van der Waals surface area contributed by atoms with Crippen molar-refractivity contribution in [2.24, 2.45) is 0 Å². The Morgan fingerprint density at radius 3 is 3.00 bits per heavy atom. The quantitative estimate of drug-likeness (QED) is 0.702. The summed E-state index contributed by atoms with van der Waals surface area (Å²) in [7, 11) is 0. The minimum atomic E-state index is -0.423. The second-order valence-corrected chi connectivity index (χ2v) is 3.55. The average Bonchev–Trinajstić information content (AvgIpc) is 2.29. The molecule has 0 bridgehead atoms. The van der Waals surface area contributed by atoms with Crippen LogP contribution in [0.25, 0.3) is 5.65 Å². The summed E-state index contributed by atoms with van der Waals surface area (Å²) in [4.78, 5) is 3.90. The molecule has 0 unspecified atom stereocenters. The van der Waals surface area contributed by atoms with Crippen LogP contribution >= 0.6 is 27.5 Å². The zero-order chi connectivity index (χ0) is 8.72.